The molecule has 0 unspecified atom stereocenters. The van der Waals surface area contributed by atoms with Crippen molar-refractivity contribution >= 4 is 21.6 Å². The molecule has 0 saturated heterocycles. The number of rotatable bonds is 5. The maximum absolute atomic E-state index is 12.2. The number of anilines is 1. The molecule has 0 heterocycles. The van der Waals surface area contributed by atoms with Crippen LogP contribution in [0.15, 0.2) is 17.0 Å². The van der Waals surface area contributed by atoms with Crippen LogP contribution < -0.4 is 15.8 Å². The minimum absolute atomic E-state index is 0.0369. The van der Waals surface area contributed by atoms with Gasteiger partial charge in [-0.3, -0.25) is 4.79 Å². The van der Waals surface area contributed by atoms with Crippen LogP contribution in [0.25, 0.3) is 0 Å². The minimum Gasteiger partial charge on any atom is -0.397 e. The first-order chi connectivity index (χ1) is 9.15. The van der Waals surface area contributed by atoms with Crippen molar-refractivity contribution in [3.05, 3.63) is 23.3 Å². The molecule has 0 spiro atoms. The normalized spacial score (nSPS) is 11.7. The highest BCUT2D eigenvalue weighted by Gasteiger charge is 2.22. The molecule has 0 aromatic heterocycles. The van der Waals surface area contributed by atoms with Gasteiger partial charge in [0.1, 0.15) is 4.90 Å². The summed E-state index contributed by atoms with van der Waals surface area (Å²) in [5, 5.41) is 2.61. The van der Waals surface area contributed by atoms with Crippen molar-refractivity contribution in [2.24, 2.45) is 0 Å². The van der Waals surface area contributed by atoms with Crippen LogP contribution in [-0.4, -0.2) is 26.9 Å². The Kier molecular flexibility index (Phi) is 5.13. The Bertz CT molecular complexity index is 610. The molecule has 1 amide bonds. The van der Waals surface area contributed by atoms with Crippen molar-refractivity contribution in [1.82, 2.24) is 10.0 Å². The molecule has 1 aromatic carbocycles. The van der Waals surface area contributed by atoms with E-state index < -0.39 is 10.0 Å². The van der Waals surface area contributed by atoms with Gasteiger partial charge in [0.25, 0.3) is 0 Å². The van der Waals surface area contributed by atoms with Gasteiger partial charge in [-0.25, -0.2) is 13.1 Å². The molecule has 112 valence electrons. The predicted molar refractivity (Wildman–Crippen MR) is 78.8 cm³/mol. The summed E-state index contributed by atoms with van der Waals surface area (Å²) < 4.78 is 26.8. The maximum atomic E-state index is 12.2. The van der Waals surface area contributed by atoms with Crippen LogP contribution in [0.3, 0.4) is 0 Å². The van der Waals surface area contributed by atoms with Crippen LogP contribution in [0.1, 0.15) is 25.0 Å². The van der Waals surface area contributed by atoms with Crippen LogP contribution >= 0.6 is 0 Å². The molecule has 0 aliphatic heterocycles. The second-order valence-electron chi connectivity index (χ2n) is 4.99. The van der Waals surface area contributed by atoms with Gasteiger partial charge in [0.05, 0.1) is 12.2 Å². The molecule has 0 radical (unpaired) electrons. The Labute approximate surface area is 119 Å². The molecule has 0 aliphatic rings. The van der Waals surface area contributed by atoms with Crippen LogP contribution in [-0.2, 0) is 14.8 Å². The fourth-order valence-corrected chi connectivity index (χ4v) is 3.18. The van der Waals surface area contributed by atoms with Gasteiger partial charge in [-0.2, -0.15) is 0 Å². The molecule has 1 rings (SSSR count). The number of hydrogen-bond acceptors (Lipinski definition) is 4. The number of aryl methyl sites for hydroxylation is 2. The number of nitrogens with one attached hydrogen (secondary N) is 2. The lowest BCUT2D eigenvalue weighted by atomic mass is 10.1. The van der Waals surface area contributed by atoms with E-state index in [0.717, 1.165) is 0 Å². The highest BCUT2D eigenvalue weighted by Crippen LogP contribution is 2.25. The molecular formula is C13H21N3O3S. The zero-order chi connectivity index (χ0) is 15.5. The Morgan fingerprint density at radius 1 is 1.25 bits per heavy atom. The molecule has 6 nitrogen and oxygen atoms in total. The molecule has 7 heteroatoms. The minimum atomic E-state index is -3.81. The zero-order valence-corrected chi connectivity index (χ0v) is 13.0. The van der Waals surface area contributed by atoms with Crippen LogP contribution in [0.2, 0.25) is 0 Å². The first kappa shape index (κ1) is 16.5. The van der Waals surface area contributed by atoms with Gasteiger partial charge in [-0.05, 0) is 38.8 Å². The third-order valence-corrected chi connectivity index (χ3v) is 4.36. The Morgan fingerprint density at radius 2 is 1.80 bits per heavy atom. The lowest BCUT2D eigenvalue weighted by Gasteiger charge is -2.14. The van der Waals surface area contributed by atoms with Crippen molar-refractivity contribution in [3.8, 4) is 0 Å². The summed E-state index contributed by atoms with van der Waals surface area (Å²) in [6, 6.07) is 3.40. The average molecular weight is 299 g/mol. The van der Waals surface area contributed by atoms with E-state index >= 15 is 0 Å². The zero-order valence-electron chi connectivity index (χ0n) is 12.1. The van der Waals surface area contributed by atoms with Crippen LogP contribution in [0.4, 0.5) is 5.69 Å². The highest BCUT2D eigenvalue weighted by molar-refractivity contribution is 7.89. The summed E-state index contributed by atoms with van der Waals surface area (Å²) in [5.41, 5.74) is 7.28. The second kappa shape index (κ2) is 6.23. The van der Waals surface area contributed by atoms with Crippen LogP contribution in [0.5, 0.6) is 0 Å². The summed E-state index contributed by atoms with van der Waals surface area (Å²) >= 11 is 0. The van der Waals surface area contributed by atoms with E-state index in [1.807, 2.05) is 0 Å². The molecule has 0 bridgehead atoms. The van der Waals surface area contributed by atoms with Gasteiger partial charge in [0.2, 0.25) is 15.9 Å². The molecule has 0 saturated carbocycles. The van der Waals surface area contributed by atoms with Crippen molar-refractivity contribution < 1.29 is 13.2 Å². The smallest absolute Gasteiger partial charge is 0.243 e. The summed E-state index contributed by atoms with van der Waals surface area (Å²) in [7, 11) is -3.81. The van der Waals surface area contributed by atoms with Gasteiger partial charge in [-0.1, -0.05) is 12.1 Å². The van der Waals surface area contributed by atoms with Crippen LogP contribution in [0, 0.1) is 13.8 Å². The lowest BCUT2D eigenvalue weighted by Crippen LogP contribution is -2.40. The molecule has 20 heavy (non-hydrogen) atoms. The summed E-state index contributed by atoms with van der Waals surface area (Å²) in [4.78, 5) is 11.5. The van der Waals surface area contributed by atoms with Crippen molar-refractivity contribution in [2.75, 3.05) is 12.3 Å². The SMILES string of the molecule is Cc1ccc(C)c(S(=O)(=O)NCC(=O)NC(C)C)c1N. The largest absolute Gasteiger partial charge is 0.397 e. The highest BCUT2D eigenvalue weighted by atomic mass is 32.2. The number of carbonyl (C=O) groups is 1. The number of sulfonamides is 1. The van der Waals surface area contributed by atoms with Gasteiger partial charge < -0.3 is 11.1 Å². The Balaban J connectivity index is 2.96. The van der Waals surface area contributed by atoms with Gasteiger partial charge in [-0.15, -0.1) is 0 Å². The van der Waals surface area contributed by atoms with E-state index in [4.69, 9.17) is 5.73 Å². The first-order valence-corrected chi connectivity index (χ1v) is 7.78. The maximum Gasteiger partial charge on any atom is 0.243 e. The molecule has 0 atom stereocenters. The topological polar surface area (TPSA) is 101 Å². The molecule has 4 N–H and O–H groups in total. The summed E-state index contributed by atoms with van der Waals surface area (Å²) in [6.07, 6.45) is 0. The monoisotopic (exact) mass is 299 g/mol. The van der Waals surface area contributed by atoms with E-state index in [1.54, 1.807) is 39.8 Å². The summed E-state index contributed by atoms with van der Waals surface area (Å²) in [5.74, 6) is -0.382. The van der Waals surface area contributed by atoms with E-state index in [9.17, 15) is 13.2 Å². The molecule has 0 fully saturated rings. The van der Waals surface area contributed by atoms with E-state index in [-0.39, 0.29) is 29.1 Å². The number of nitrogens with two attached hydrogens (primary N) is 1. The van der Waals surface area contributed by atoms with Crippen molar-refractivity contribution in [1.29, 1.82) is 0 Å². The van der Waals surface area contributed by atoms with E-state index in [1.165, 1.54) is 0 Å². The molecular weight excluding hydrogens is 278 g/mol. The van der Waals surface area contributed by atoms with E-state index in [2.05, 4.69) is 10.0 Å². The number of amides is 1. The third kappa shape index (κ3) is 3.94. The second-order valence-corrected chi connectivity index (χ2v) is 6.69. The average Bonchev–Trinajstić information content (AvgIpc) is 2.31. The van der Waals surface area contributed by atoms with Crippen molar-refractivity contribution in [2.45, 2.75) is 38.6 Å². The fraction of sp³-hybridized carbons (Fsp3) is 0.462. The van der Waals surface area contributed by atoms with Crippen molar-refractivity contribution in [3.63, 3.8) is 0 Å². The predicted octanol–water partition coefficient (Wildman–Crippen LogP) is 0.689. The van der Waals surface area contributed by atoms with Gasteiger partial charge >= 0.3 is 0 Å². The Hall–Kier alpha value is -1.60. The lowest BCUT2D eigenvalue weighted by molar-refractivity contribution is -0.120. The third-order valence-electron chi connectivity index (χ3n) is 2.75. The molecule has 1 aromatic rings. The number of nitrogen functional groups attached to an aromatic ring is 1. The Morgan fingerprint density at radius 3 is 2.35 bits per heavy atom. The van der Waals surface area contributed by atoms with E-state index in [0.29, 0.717) is 11.1 Å². The fourth-order valence-electron chi connectivity index (χ4n) is 1.77. The standard InChI is InChI=1S/C13H21N3O3S/c1-8(2)16-11(17)7-15-20(18,19)13-10(4)6-5-9(3)12(13)14/h5-6,8,15H,7,14H2,1-4H3,(H,16,17). The van der Waals surface area contributed by atoms with Gasteiger partial charge in [0.15, 0.2) is 0 Å². The number of hydrogen-bond donors (Lipinski definition) is 3. The number of benzene rings is 1. The van der Waals surface area contributed by atoms with Gasteiger partial charge in [0, 0.05) is 6.04 Å². The first-order valence-electron chi connectivity index (χ1n) is 6.30. The summed E-state index contributed by atoms with van der Waals surface area (Å²) in [6.45, 7) is 6.69. The molecule has 0 aliphatic carbocycles. The number of carbonyl (C=O) groups excluding carboxylic acids is 1. The quantitative estimate of drug-likeness (QED) is 0.696.